The van der Waals surface area contributed by atoms with Gasteiger partial charge in [-0.05, 0) is 18.6 Å². The van der Waals surface area contributed by atoms with Gasteiger partial charge in [-0.15, -0.1) is 11.3 Å². The van der Waals surface area contributed by atoms with Crippen molar-refractivity contribution in [1.29, 1.82) is 0 Å². The Hall–Kier alpha value is -1.79. The Morgan fingerprint density at radius 1 is 1.53 bits per heavy atom. The van der Waals surface area contributed by atoms with Crippen molar-refractivity contribution in [3.63, 3.8) is 0 Å². The second kappa shape index (κ2) is 5.07. The fourth-order valence-corrected chi connectivity index (χ4v) is 3.03. The van der Waals surface area contributed by atoms with E-state index in [4.69, 9.17) is 0 Å². The van der Waals surface area contributed by atoms with Crippen LogP contribution in [0.15, 0.2) is 18.3 Å². The summed E-state index contributed by atoms with van der Waals surface area (Å²) in [7, 11) is 0. The topological polar surface area (TPSA) is 66.9 Å². The molecule has 0 radical (unpaired) electrons. The number of hydrogen-bond donors (Lipinski definition) is 2. The Labute approximate surface area is 115 Å². The number of thiazole rings is 1. The lowest BCUT2D eigenvalue weighted by Crippen LogP contribution is -2.22. The molecule has 3 heterocycles. The highest BCUT2D eigenvalue weighted by molar-refractivity contribution is 7.15. The minimum absolute atomic E-state index is 0.197. The number of nitrogens with zero attached hydrogens (tertiary/aromatic N) is 2. The van der Waals surface area contributed by atoms with E-state index in [1.165, 1.54) is 16.2 Å². The van der Waals surface area contributed by atoms with Crippen LogP contribution in [0.1, 0.15) is 26.6 Å². The molecule has 2 aromatic heterocycles. The highest BCUT2D eigenvalue weighted by atomic mass is 32.1. The van der Waals surface area contributed by atoms with Crippen molar-refractivity contribution in [2.45, 2.75) is 19.9 Å². The van der Waals surface area contributed by atoms with Gasteiger partial charge >= 0.3 is 0 Å². The zero-order chi connectivity index (χ0) is 13.2. The zero-order valence-corrected chi connectivity index (χ0v) is 11.4. The van der Waals surface area contributed by atoms with Gasteiger partial charge < -0.3 is 5.32 Å². The average molecular weight is 274 g/mol. The Balaban J connectivity index is 1.80. The molecule has 0 spiro atoms. The number of aromatic nitrogens is 2. The van der Waals surface area contributed by atoms with Crippen molar-refractivity contribution < 1.29 is 4.79 Å². The van der Waals surface area contributed by atoms with Crippen LogP contribution in [0.5, 0.6) is 0 Å². The van der Waals surface area contributed by atoms with Gasteiger partial charge in [-0.3, -0.25) is 15.1 Å². The van der Waals surface area contributed by atoms with Crippen LogP contribution in [0.4, 0.5) is 5.13 Å². The fourth-order valence-electron chi connectivity index (χ4n) is 2.06. The molecule has 0 saturated heterocycles. The summed E-state index contributed by atoms with van der Waals surface area (Å²) in [5.74, 6) is -0.197. The summed E-state index contributed by atoms with van der Waals surface area (Å²) in [5.41, 5.74) is 2.41. The van der Waals surface area contributed by atoms with Gasteiger partial charge in [-0.2, -0.15) is 0 Å². The molecular formula is C13H14N4OS. The van der Waals surface area contributed by atoms with Gasteiger partial charge in [-0.25, -0.2) is 4.98 Å². The third-order valence-electron chi connectivity index (χ3n) is 3.05. The first kappa shape index (κ1) is 12.3. The summed E-state index contributed by atoms with van der Waals surface area (Å²) in [6, 6.07) is 3.69. The normalized spacial score (nSPS) is 13.9. The molecule has 1 amide bonds. The van der Waals surface area contributed by atoms with Crippen molar-refractivity contribution in [1.82, 2.24) is 15.3 Å². The number of hydrogen-bond acceptors (Lipinski definition) is 5. The summed E-state index contributed by atoms with van der Waals surface area (Å²) in [6.07, 6.45) is 2.54. The monoisotopic (exact) mass is 274 g/mol. The number of pyridine rings is 1. The summed E-state index contributed by atoms with van der Waals surface area (Å²) in [4.78, 5) is 21.9. The van der Waals surface area contributed by atoms with Crippen LogP contribution in [0.25, 0.3) is 0 Å². The number of amides is 1. The van der Waals surface area contributed by atoms with E-state index in [2.05, 4.69) is 20.6 Å². The first-order valence-corrected chi connectivity index (χ1v) is 6.98. The van der Waals surface area contributed by atoms with Crippen LogP contribution < -0.4 is 10.6 Å². The third kappa shape index (κ3) is 2.50. The quantitative estimate of drug-likeness (QED) is 0.875. The Morgan fingerprint density at radius 3 is 3.21 bits per heavy atom. The molecule has 2 N–H and O–H groups in total. The first-order valence-electron chi connectivity index (χ1n) is 6.16. The molecule has 6 heteroatoms. The molecule has 0 unspecified atom stereocenters. The van der Waals surface area contributed by atoms with Crippen molar-refractivity contribution in [2.75, 3.05) is 11.9 Å². The van der Waals surface area contributed by atoms with Gasteiger partial charge in [0.1, 0.15) is 5.69 Å². The number of carbonyl (C=O) groups excluding carboxylic acids is 1. The molecule has 0 atom stereocenters. The van der Waals surface area contributed by atoms with Crippen molar-refractivity contribution in [3.8, 4) is 0 Å². The molecule has 3 rings (SSSR count). The van der Waals surface area contributed by atoms with Gasteiger partial charge in [0.25, 0.3) is 5.91 Å². The molecule has 19 heavy (non-hydrogen) atoms. The van der Waals surface area contributed by atoms with E-state index in [-0.39, 0.29) is 5.91 Å². The molecule has 1 aliphatic heterocycles. The number of nitrogens with one attached hydrogen (secondary N) is 2. The first-order chi connectivity index (χ1) is 9.24. The van der Waals surface area contributed by atoms with E-state index in [9.17, 15) is 4.79 Å². The molecule has 0 aliphatic carbocycles. The Kier molecular flexibility index (Phi) is 3.27. The van der Waals surface area contributed by atoms with Crippen LogP contribution in [0, 0.1) is 6.92 Å². The maximum Gasteiger partial charge on any atom is 0.276 e. The lowest BCUT2D eigenvalue weighted by atomic mass is 10.2. The van der Waals surface area contributed by atoms with E-state index in [1.807, 2.05) is 19.1 Å². The fraction of sp³-hybridized carbons (Fsp3) is 0.308. The molecule has 0 fully saturated rings. The van der Waals surface area contributed by atoms with Crippen molar-refractivity contribution in [2.24, 2.45) is 0 Å². The highest BCUT2D eigenvalue weighted by Gasteiger charge is 2.17. The van der Waals surface area contributed by atoms with Crippen LogP contribution in [0.2, 0.25) is 0 Å². The zero-order valence-electron chi connectivity index (χ0n) is 10.6. The van der Waals surface area contributed by atoms with E-state index in [0.29, 0.717) is 10.8 Å². The minimum Gasteiger partial charge on any atom is -0.311 e. The third-order valence-corrected chi connectivity index (χ3v) is 4.06. The van der Waals surface area contributed by atoms with Gasteiger partial charge in [0.2, 0.25) is 0 Å². The van der Waals surface area contributed by atoms with E-state index >= 15 is 0 Å². The summed E-state index contributed by atoms with van der Waals surface area (Å²) >= 11 is 1.53. The predicted octanol–water partition coefficient (Wildman–Crippen LogP) is 1.74. The number of aryl methyl sites for hydroxylation is 1. The molecule has 0 bridgehead atoms. The van der Waals surface area contributed by atoms with Gasteiger partial charge in [0.15, 0.2) is 5.13 Å². The molecule has 98 valence electrons. The number of carbonyl (C=O) groups is 1. The number of fused-ring (bicyclic) bond motifs is 1. The van der Waals surface area contributed by atoms with E-state index in [0.717, 1.165) is 30.8 Å². The van der Waals surface area contributed by atoms with Gasteiger partial charge in [0.05, 0.1) is 5.69 Å². The standard InChI is InChI=1S/C13H14N4OS/c1-8-3-2-5-15-11(8)12(18)17-13-16-9-4-6-14-7-10(9)19-13/h2-3,5,14H,4,6-7H2,1H3,(H,16,17,18). The molecule has 1 aliphatic rings. The Bertz CT molecular complexity index is 599. The van der Waals surface area contributed by atoms with E-state index in [1.54, 1.807) is 6.20 Å². The maximum atomic E-state index is 12.1. The van der Waals surface area contributed by atoms with Gasteiger partial charge in [0, 0.05) is 30.6 Å². The molecule has 5 nitrogen and oxygen atoms in total. The average Bonchev–Trinajstić information content (AvgIpc) is 2.81. The second-order valence-electron chi connectivity index (χ2n) is 4.44. The van der Waals surface area contributed by atoms with Crippen molar-refractivity contribution >= 4 is 22.4 Å². The van der Waals surface area contributed by atoms with Crippen molar-refractivity contribution in [3.05, 3.63) is 40.2 Å². The maximum absolute atomic E-state index is 12.1. The molecular weight excluding hydrogens is 260 g/mol. The summed E-state index contributed by atoms with van der Waals surface area (Å²) < 4.78 is 0. The SMILES string of the molecule is Cc1cccnc1C(=O)Nc1nc2c(s1)CNCC2. The molecule has 0 aromatic carbocycles. The molecule has 2 aromatic rings. The minimum atomic E-state index is -0.197. The number of rotatable bonds is 2. The highest BCUT2D eigenvalue weighted by Crippen LogP contribution is 2.25. The lowest BCUT2D eigenvalue weighted by Gasteiger charge is -2.09. The predicted molar refractivity (Wildman–Crippen MR) is 74.5 cm³/mol. The molecule has 0 saturated carbocycles. The van der Waals surface area contributed by atoms with Crippen LogP contribution >= 0.6 is 11.3 Å². The smallest absolute Gasteiger partial charge is 0.276 e. The lowest BCUT2D eigenvalue weighted by molar-refractivity contribution is 0.102. The second-order valence-corrected chi connectivity index (χ2v) is 5.52. The van der Waals surface area contributed by atoms with Crippen LogP contribution in [0.3, 0.4) is 0 Å². The Morgan fingerprint density at radius 2 is 2.42 bits per heavy atom. The van der Waals surface area contributed by atoms with E-state index < -0.39 is 0 Å². The summed E-state index contributed by atoms with van der Waals surface area (Å²) in [6.45, 7) is 3.66. The van der Waals surface area contributed by atoms with Crippen LogP contribution in [-0.4, -0.2) is 22.4 Å². The van der Waals surface area contributed by atoms with Gasteiger partial charge in [-0.1, -0.05) is 6.07 Å². The van der Waals surface area contributed by atoms with Crippen LogP contribution in [-0.2, 0) is 13.0 Å². The summed E-state index contributed by atoms with van der Waals surface area (Å²) in [5, 5.41) is 6.78. The largest absolute Gasteiger partial charge is 0.311 e. The number of anilines is 1.